The van der Waals surface area contributed by atoms with Crippen LogP contribution in [0.1, 0.15) is 27.3 Å². The van der Waals surface area contributed by atoms with Gasteiger partial charge in [0.25, 0.3) is 5.91 Å². The number of rotatable bonds is 5. The van der Waals surface area contributed by atoms with E-state index in [-0.39, 0.29) is 18.4 Å². The van der Waals surface area contributed by atoms with Crippen LogP contribution >= 0.6 is 0 Å². The predicted molar refractivity (Wildman–Crippen MR) is 83.3 cm³/mol. The van der Waals surface area contributed by atoms with E-state index in [2.05, 4.69) is 15.7 Å². The van der Waals surface area contributed by atoms with E-state index in [1.54, 1.807) is 28.9 Å². The van der Waals surface area contributed by atoms with Gasteiger partial charge >= 0.3 is 0 Å². The van der Waals surface area contributed by atoms with Gasteiger partial charge in [-0.25, -0.2) is 0 Å². The SMILES string of the molecule is Cc1nn(C)c(C)c1CNC(=O)CNC(=O)c1ccccc1. The molecular formula is C16H20N4O2. The van der Waals surface area contributed by atoms with Gasteiger partial charge in [-0.2, -0.15) is 5.10 Å². The smallest absolute Gasteiger partial charge is 0.251 e. The molecule has 0 saturated heterocycles. The molecule has 22 heavy (non-hydrogen) atoms. The molecule has 2 aromatic rings. The van der Waals surface area contributed by atoms with Crippen LogP contribution in [0.2, 0.25) is 0 Å². The van der Waals surface area contributed by atoms with Crippen molar-refractivity contribution in [2.75, 3.05) is 6.54 Å². The molecule has 2 N–H and O–H groups in total. The molecule has 1 aromatic heterocycles. The first-order chi connectivity index (χ1) is 10.5. The Kier molecular flexibility index (Phi) is 4.93. The lowest BCUT2D eigenvalue weighted by molar-refractivity contribution is -0.120. The maximum absolute atomic E-state index is 11.8. The average Bonchev–Trinajstić information content (AvgIpc) is 2.76. The fourth-order valence-corrected chi connectivity index (χ4v) is 2.17. The fraction of sp³-hybridized carbons (Fsp3) is 0.312. The molecule has 6 heteroatoms. The number of aromatic nitrogens is 2. The van der Waals surface area contributed by atoms with Crippen LogP contribution in [0.3, 0.4) is 0 Å². The standard InChI is InChI=1S/C16H20N4O2/c1-11-14(12(2)20(3)19-11)9-17-15(21)10-18-16(22)13-7-5-4-6-8-13/h4-8H,9-10H2,1-3H3,(H,17,21)(H,18,22). The van der Waals surface area contributed by atoms with Crippen molar-refractivity contribution >= 4 is 11.8 Å². The first kappa shape index (κ1) is 15.8. The highest BCUT2D eigenvalue weighted by molar-refractivity contribution is 5.96. The fourth-order valence-electron chi connectivity index (χ4n) is 2.17. The Morgan fingerprint density at radius 3 is 2.41 bits per heavy atom. The molecule has 0 unspecified atom stereocenters. The van der Waals surface area contributed by atoms with E-state index in [4.69, 9.17) is 0 Å². The van der Waals surface area contributed by atoms with Crippen molar-refractivity contribution in [2.45, 2.75) is 20.4 Å². The van der Waals surface area contributed by atoms with E-state index in [0.29, 0.717) is 12.1 Å². The summed E-state index contributed by atoms with van der Waals surface area (Å²) in [6.07, 6.45) is 0. The largest absolute Gasteiger partial charge is 0.350 e. The lowest BCUT2D eigenvalue weighted by Gasteiger charge is -2.07. The Balaban J connectivity index is 1.82. The van der Waals surface area contributed by atoms with Crippen LogP contribution in [0.15, 0.2) is 30.3 Å². The highest BCUT2D eigenvalue weighted by Gasteiger charge is 2.11. The van der Waals surface area contributed by atoms with Crippen LogP contribution in [-0.4, -0.2) is 28.1 Å². The van der Waals surface area contributed by atoms with Gasteiger partial charge in [0.1, 0.15) is 0 Å². The molecule has 116 valence electrons. The van der Waals surface area contributed by atoms with E-state index < -0.39 is 0 Å². The van der Waals surface area contributed by atoms with Crippen molar-refractivity contribution in [3.05, 3.63) is 52.8 Å². The summed E-state index contributed by atoms with van der Waals surface area (Å²) in [6.45, 7) is 4.22. The van der Waals surface area contributed by atoms with Gasteiger partial charge in [-0.05, 0) is 26.0 Å². The third-order valence-electron chi connectivity index (χ3n) is 3.57. The van der Waals surface area contributed by atoms with Gasteiger partial charge in [-0.15, -0.1) is 0 Å². The van der Waals surface area contributed by atoms with Crippen molar-refractivity contribution in [1.29, 1.82) is 0 Å². The molecule has 0 fully saturated rings. The minimum atomic E-state index is -0.260. The lowest BCUT2D eigenvalue weighted by Crippen LogP contribution is -2.36. The van der Waals surface area contributed by atoms with Gasteiger partial charge < -0.3 is 10.6 Å². The van der Waals surface area contributed by atoms with Gasteiger partial charge in [-0.1, -0.05) is 18.2 Å². The third-order valence-corrected chi connectivity index (χ3v) is 3.57. The Morgan fingerprint density at radius 2 is 1.82 bits per heavy atom. The minimum Gasteiger partial charge on any atom is -0.350 e. The second-order valence-electron chi connectivity index (χ2n) is 5.10. The Labute approximate surface area is 129 Å². The van der Waals surface area contributed by atoms with Gasteiger partial charge in [-0.3, -0.25) is 14.3 Å². The number of carbonyl (C=O) groups excluding carboxylic acids is 2. The highest BCUT2D eigenvalue weighted by Crippen LogP contribution is 2.10. The Morgan fingerprint density at radius 1 is 1.14 bits per heavy atom. The maximum Gasteiger partial charge on any atom is 0.251 e. The number of aryl methyl sites for hydroxylation is 2. The van der Waals surface area contributed by atoms with Crippen LogP contribution in [0.5, 0.6) is 0 Å². The molecule has 0 bridgehead atoms. The van der Waals surface area contributed by atoms with E-state index in [0.717, 1.165) is 17.0 Å². The van der Waals surface area contributed by atoms with E-state index in [9.17, 15) is 9.59 Å². The highest BCUT2D eigenvalue weighted by atomic mass is 16.2. The summed E-state index contributed by atoms with van der Waals surface area (Å²) in [5.41, 5.74) is 3.46. The molecule has 2 amide bonds. The van der Waals surface area contributed by atoms with Crippen molar-refractivity contribution in [3.63, 3.8) is 0 Å². The van der Waals surface area contributed by atoms with Crippen molar-refractivity contribution < 1.29 is 9.59 Å². The molecule has 0 spiro atoms. The summed E-state index contributed by atoms with van der Waals surface area (Å²) < 4.78 is 1.79. The van der Waals surface area contributed by atoms with E-state index >= 15 is 0 Å². The molecular weight excluding hydrogens is 280 g/mol. The second kappa shape index (κ2) is 6.89. The van der Waals surface area contributed by atoms with Crippen LogP contribution in [-0.2, 0) is 18.4 Å². The zero-order valence-corrected chi connectivity index (χ0v) is 13.0. The van der Waals surface area contributed by atoms with E-state index in [1.807, 2.05) is 27.0 Å². The Hall–Kier alpha value is -2.63. The second-order valence-corrected chi connectivity index (χ2v) is 5.10. The van der Waals surface area contributed by atoms with Crippen LogP contribution < -0.4 is 10.6 Å². The monoisotopic (exact) mass is 300 g/mol. The average molecular weight is 300 g/mol. The van der Waals surface area contributed by atoms with Gasteiger partial charge in [0.2, 0.25) is 5.91 Å². The summed E-state index contributed by atoms with van der Waals surface area (Å²) in [5, 5.41) is 9.69. The van der Waals surface area contributed by atoms with Crippen LogP contribution in [0.25, 0.3) is 0 Å². The number of nitrogens with one attached hydrogen (secondary N) is 2. The molecule has 6 nitrogen and oxygen atoms in total. The number of amides is 2. The third kappa shape index (κ3) is 3.72. The molecule has 0 atom stereocenters. The number of nitrogens with zero attached hydrogens (tertiary/aromatic N) is 2. The molecule has 0 aliphatic heterocycles. The minimum absolute atomic E-state index is 0.0495. The quantitative estimate of drug-likeness (QED) is 0.867. The van der Waals surface area contributed by atoms with Crippen LogP contribution in [0, 0.1) is 13.8 Å². The number of hydrogen-bond acceptors (Lipinski definition) is 3. The zero-order valence-electron chi connectivity index (χ0n) is 13.0. The molecule has 0 aliphatic rings. The summed E-state index contributed by atoms with van der Waals surface area (Å²) in [6, 6.07) is 8.80. The van der Waals surface area contributed by atoms with Crippen molar-refractivity contribution in [1.82, 2.24) is 20.4 Å². The number of carbonyl (C=O) groups is 2. The topological polar surface area (TPSA) is 76.0 Å². The van der Waals surface area contributed by atoms with Gasteiger partial charge in [0.15, 0.2) is 0 Å². The summed E-state index contributed by atoms with van der Waals surface area (Å²) in [5.74, 6) is -0.489. The lowest BCUT2D eigenvalue weighted by atomic mass is 10.2. The predicted octanol–water partition coefficient (Wildman–Crippen LogP) is 1.08. The molecule has 1 aromatic carbocycles. The van der Waals surface area contributed by atoms with Crippen LogP contribution in [0.4, 0.5) is 0 Å². The first-order valence-corrected chi connectivity index (χ1v) is 7.08. The van der Waals surface area contributed by atoms with Crippen molar-refractivity contribution in [2.24, 2.45) is 7.05 Å². The molecule has 0 saturated carbocycles. The van der Waals surface area contributed by atoms with Gasteiger partial charge in [0.05, 0.1) is 12.2 Å². The maximum atomic E-state index is 11.8. The zero-order chi connectivity index (χ0) is 16.1. The normalized spacial score (nSPS) is 10.3. The van der Waals surface area contributed by atoms with Crippen molar-refractivity contribution in [3.8, 4) is 0 Å². The summed E-state index contributed by atoms with van der Waals surface area (Å²) in [7, 11) is 1.87. The molecule has 1 heterocycles. The molecule has 0 radical (unpaired) electrons. The molecule has 2 rings (SSSR count). The van der Waals surface area contributed by atoms with Gasteiger partial charge in [0, 0.05) is 30.4 Å². The number of hydrogen-bond donors (Lipinski definition) is 2. The summed E-state index contributed by atoms with van der Waals surface area (Å²) >= 11 is 0. The first-order valence-electron chi connectivity index (χ1n) is 7.08. The molecule has 0 aliphatic carbocycles. The summed E-state index contributed by atoms with van der Waals surface area (Å²) in [4.78, 5) is 23.7. The number of benzene rings is 1. The Bertz CT molecular complexity index is 677. The van der Waals surface area contributed by atoms with E-state index in [1.165, 1.54) is 0 Å².